The van der Waals surface area contributed by atoms with Crippen LogP contribution >= 0.6 is 0 Å². The van der Waals surface area contributed by atoms with E-state index < -0.39 is 5.60 Å². The van der Waals surface area contributed by atoms with E-state index in [-0.39, 0.29) is 5.82 Å². The number of nitrogens with zero attached hydrogens (tertiary/aromatic N) is 1. The lowest BCUT2D eigenvalue weighted by atomic mass is 10.1. The second kappa shape index (κ2) is 3.07. The van der Waals surface area contributed by atoms with Gasteiger partial charge in [-0.3, -0.25) is 0 Å². The zero-order chi connectivity index (χ0) is 11.2. The van der Waals surface area contributed by atoms with Crippen LogP contribution in [0.2, 0.25) is 0 Å². The van der Waals surface area contributed by atoms with Gasteiger partial charge < -0.3 is 9.67 Å². The molecule has 0 saturated carbocycles. The average molecular weight is 207 g/mol. The number of hydrogen-bond acceptors (Lipinski definition) is 1. The van der Waals surface area contributed by atoms with Crippen molar-refractivity contribution in [2.75, 3.05) is 0 Å². The molecule has 0 spiro atoms. The Kier molecular flexibility index (Phi) is 2.08. The summed E-state index contributed by atoms with van der Waals surface area (Å²) >= 11 is 0. The third-order valence-electron chi connectivity index (χ3n) is 2.63. The number of para-hydroxylation sites is 1. The van der Waals surface area contributed by atoms with Crippen LogP contribution in [0.25, 0.3) is 10.9 Å². The number of halogens is 1. The molecule has 1 aromatic heterocycles. The molecule has 0 aliphatic heterocycles. The van der Waals surface area contributed by atoms with Gasteiger partial charge in [0.15, 0.2) is 0 Å². The molecule has 0 radical (unpaired) electrons. The van der Waals surface area contributed by atoms with Gasteiger partial charge in [-0.05, 0) is 26.0 Å². The van der Waals surface area contributed by atoms with Crippen molar-refractivity contribution < 1.29 is 9.50 Å². The molecule has 0 unspecified atom stereocenters. The summed E-state index contributed by atoms with van der Waals surface area (Å²) in [4.78, 5) is 0. The van der Waals surface area contributed by atoms with E-state index in [2.05, 4.69) is 0 Å². The summed E-state index contributed by atoms with van der Waals surface area (Å²) < 4.78 is 15.2. The van der Waals surface area contributed by atoms with Gasteiger partial charge in [-0.15, -0.1) is 0 Å². The van der Waals surface area contributed by atoms with Crippen molar-refractivity contribution in [1.29, 1.82) is 0 Å². The van der Waals surface area contributed by atoms with Gasteiger partial charge in [-0.1, -0.05) is 12.1 Å². The lowest BCUT2D eigenvalue weighted by Crippen LogP contribution is -2.19. The number of aryl methyl sites for hydroxylation is 1. The maximum Gasteiger partial charge on any atom is 0.147 e. The highest BCUT2D eigenvalue weighted by molar-refractivity contribution is 5.82. The van der Waals surface area contributed by atoms with Crippen LogP contribution in [0.5, 0.6) is 0 Å². The fraction of sp³-hybridized carbons (Fsp3) is 0.333. The van der Waals surface area contributed by atoms with Crippen LogP contribution in [0.15, 0.2) is 24.3 Å². The number of fused-ring (bicyclic) bond motifs is 1. The Morgan fingerprint density at radius 1 is 1.33 bits per heavy atom. The smallest absolute Gasteiger partial charge is 0.147 e. The Hall–Kier alpha value is -1.35. The third kappa shape index (κ3) is 1.53. The molecule has 0 atom stereocenters. The number of rotatable bonds is 1. The van der Waals surface area contributed by atoms with Crippen molar-refractivity contribution in [2.45, 2.75) is 19.4 Å². The molecule has 0 aliphatic rings. The van der Waals surface area contributed by atoms with Gasteiger partial charge in [0.05, 0.1) is 11.1 Å². The van der Waals surface area contributed by atoms with Gasteiger partial charge >= 0.3 is 0 Å². The quantitative estimate of drug-likeness (QED) is 0.763. The van der Waals surface area contributed by atoms with E-state index in [0.717, 1.165) is 5.39 Å². The third-order valence-corrected chi connectivity index (χ3v) is 2.63. The van der Waals surface area contributed by atoms with Gasteiger partial charge in [0.2, 0.25) is 0 Å². The first-order valence-corrected chi connectivity index (χ1v) is 4.88. The Balaban J connectivity index is 2.82. The fourth-order valence-corrected chi connectivity index (χ4v) is 1.95. The maximum absolute atomic E-state index is 13.5. The Labute approximate surface area is 88.0 Å². The molecular formula is C12H14FNO. The van der Waals surface area contributed by atoms with Gasteiger partial charge in [-0.25, -0.2) is 4.39 Å². The van der Waals surface area contributed by atoms with Crippen molar-refractivity contribution in [3.05, 3.63) is 35.8 Å². The van der Waals surface area contributed by atoms with E-state index in [1.54, 1.807) is 31.5 Å². The summed E-state index contributed by atoms with van der Waals surface area (Å²) in [7, 11) is 1.76. The first-order valence-electron chi connectivity index (χ1n) is 4.88. The van der Waals surface area contributed by atoms with Gasteiger partial charge in [0.25, 0.3) is 0 Å². The van der Waals surface area contributed by atoms with E-state index in [9.17, 15) is 9.50 Å². The maximum atomic E-state index is 13.5. The average Bonchev–Trinajstić information content (AvgIpc) is 2.44. The molecule has 2 aromatic rings. The van der Waals surface area contributed by atoms with E-state index in [0.29, 0.717) is 11.2 Å². The molecule has 1 heterocycles. The normalized spacial score (nSPS) is 12.3. The first-order chi connectivity index (χ1) is 6.91. The largest absolute Gasteiger partial charge is 0.384 e. The van der Waals surface area contributed by atoms with Crippen molar-refractivity contribution in [2.24, 2.45) is 7.05 Å². The molecule has 2 rings (SSSR count). The predicted octanol–water partition coefficient (Wildman–Crippen LogP) is 2.54. The number of aromatic nitrogens is 1. The van der Waals surface area contributed by atoms with E-state index >= 15 is 0 Å². The molecule has 0 saturated heterocycles. The lowest BCUT2D eigenvalue weighted by Gasteiger charge is -2.18. The molecule has 15 heavy (non-hydrogen) atoms. The van der Waals surface area contributed by atoms with Crippen molar-refractivity contribution in [3.8, 4) is 0 Å². The highest BCUT2D eigenvalue weighted by Crippen LogP contribution is 2.28. The summed E-state index contributed by atoms with van der Waals surface area (Å²) in [5, 5.41) is 10.7. The highest BCUT2D eigenvalue weighted by Gasteiger charge is 2.22. The summed E-state index contributed by atoms with van der Waals surface area (Å²) in [5.74, 6) is -0.259. The van der Waals surface area contributed by atoms with Crippen LogP contribution in [0, 0.1) is 5.82 Å². The SMILES string of the molecule is Cn1c(C(C)(C)O)cc2cccc(F)c21. The van der Waals surface area contributed by atoms with Crippen molar-refractivity contribution in [1.82, 2.24) is 4.57 Å². The van der Waals surface area contributed by atoms with Crippen LogP contribution < -0.4 is 0 Å². The molecule has 0 fully saturated rings. The van der Waals surface area contributed by atoms with Crippen LogP contribution in [-0.4, -0.2) is 9.67 Å². The lowest BCUT2D eigenvalue weighted by molar-refractivity contribution is 0.0712. The molecule has 80 valence electrons. The second-order valence-electron chi connectivity index (χ2n) is 4.33. The van der Waals surface area contributed by atoms with Crippen LogP contribution in [0.1, 0.15) is 19.5 Å². The molecule has 1 aromatic carbocycles. The number of hydrogen-bond donors (Lipinski definition) is 1. The van der Waals surface area contributed by atoms with Crippen molar-refractivity contribution >= 4 is 10.9 Å². The standard InChI is InChI=1S/C12H14FNO/c1-12(2,15)10-7-8-5-4-6-9(13)11(8)14(10)3/h4-7,15H,1-3H3. The summed E-state index contributed by atoms with van der Waals surface area (Å²) in [6.07, 6.45) is 0. The second-order valence-corrected chi connectivity index (χ2v) is 4.33. The number of aliphatic hydroxyl groups is 1. The zero-order valence-electron chi connectivity index (χ0n) is 9.08. The van der Waals surface area contributed by atoms with Crippen LogP contribution in [0.3, 0.4) is 0 Å². The minimum absolute atomic E-state index is 0.259. The molecule has 1 N–H and O–H groups in total. The minimum Gasteiger partial charge on any atom is -0.384 e. The van der Waals surface area contributed by atoms with Crippen LogP contribution in [0.4, 0.5) is 4.39 Å². The molecule has 0 bridgehead atoms. The topological polar surface area (TPSA) is 25.2 Å². The molecule has 2 nitrogen and oxygen atoms in total. The fourth-order valence-electron chi connectivity index (χ4n) is 1.95. The summed E-state index contributed by atoms with van der Waals surface area (Å²) in [6.45, 7) is 3.39. The predicted molar refractivity (Wildman–Crippen MR) is 58.1 cm³/mol. The monoisotopic (exact) mass is 207 g/mol. The summed E-state index contributed by atoms with van der Waals surface area (Å²) in [6, 6.07) is 6.76. The van der Waals surface area contributed by atoms with E-state index in [4.69, 9.17) is 0 Å². The Bertz CT molecular complexity index is 508. The highest BCUT2D eigenvalue weighted by atomic mass is 19.1. The molecule has 0 aliphatic carbocycles. The zero-order valence-corrected chi connectivity index (χ0v) is 9.08. The van der Waals surface area contributed by atoms with E-state index in [1.807, 2.05) is 12.1 Å². The van der Waals surface area contributed by atoms with Gasteiger partial charge in [0.1, 0.15) is 5.82 Å². The molecule has 0 amide bonds. The Morgan fingerprint density at radius 2 is 2.00 bits per heavy atom. The van der Waals surface area contributed by atoms with Gasteiger partial charge in [0, 0.05) is 18.1 Å². The van der Waals surface area contributed by atoms with Crippen molar-refractivity contribution in [3.63, 3.8) is 0 Å². The van der Waals surface area contributed by atoms with Crippen LogP contribution in [-0.2, 0) is 12.6 Å². The Morgan fingerprint density at radius 3 is 2.53 bits per heavy atom. The minimum atomic E-state index is -0.958. The van der Waals surface area contributed by atoms with Gasteiger partial charge in [-0.2, -0.15) is 0 Å². The summed E-state index contributed by atoms with van der Waals surface area (Å²) in [5.41, 5.74) is 0.289. The molecule has 3 heteroatoms. The van der Waals surface area contributed by atoms with E-state index in [1.165, 1.54) is 6.07 Å². The molecular weight excluding hydrogens is 193 g/mol. The first kappa shape index (κ1) is 10.2. The number of benzene rings is 1.